The molecule has 1 aliphatic carbocycles. The molecule has 0 saturated heterocycles. The van der Waals surface area contributed by atoms with Crippen LogP contribution in [0.4, 0.5) is 0 Å². The van der Waals surface area contributed by atoms with Gasteiger partial charge in [-0.15, -0.1) is 0 Å². The van der Waals surface area contributed by atoms with Crippen LogP contribution in [0.2, 0.25) is 0 Å². The van der Waals surface area contributed by atoms with Gasteiger partial charge in [0.25, 0.3) is 5.91 Å². The van der Waals surface area contributed by atoms with E-state index in [0.717, 1.165) is 0 Å². The van der Waals surface area contributed by atoms with E-state index >= 15 is 0 Å². The van der Waals surface area contributed by atoms with Gasteiger partial charge in [-0.1, -0.05) is 6.92 Å². The Hall–Kier alpha value is -1.10. The minimum Gasteiger partial charge on any atom is -0.480 e. The van der Waals surface area contributed by atoms with Gasteiger partial charge >= 0.3 is 5.97 Å². The summed E-state index contributed by atoms with van der Waals surface area (Å²) < 4.78 is 5.10. The highest BCUT2D eigenvalue weighted by atomic mass is 16.5. The van der Waals surface area contributed by atoms with Gasteiger partial charge in [0.2, 0.25) is 0 Å². The normalized spacial score (nSPS) is 21.5. The third-order valence-corrected chi connectivity index (χ3v) is 3.12. The summed E-state index contributed by atoms with van der Waals surface area (Å²) in [5, 5.41) is 11.5. The lowest BCUT2D eigenvalue weighted by molar-refractivity contribution is -0.149. The molecule has 5 heteroatoms. The topological polar surface area (TPSA) is 75.6 Å². The molecule has 0 aromatic carbocycles. The fraction of sp³-hybridized carbons (Fsp3) is 0.800. The number of nitrogens with one attached hydrogen (secondary N) is 1. The van der Waals surface area contributed by atoms with Crippen LogP contribution in [0.15, 0.2) is 0 Å². The van der Waals surface area contributed by atoms with Gasteiger partial charge in [-0.25, -0.2) is 4.79 Å². The molecule has 1 fully saturated rings. The minimum absolute atomic E-state index is 0.354. The third-order valence-electron chi connectivity index (χ3n) is 3.12. The van der Waals surface area contributed by atoms with Crippen molar-refractivity contribution in [2.24, 2.45) is 0 Å². The van der Waals surface area contributed by atoms with Gasteiger partial charge in [-0.2, -0.15) is 0 Å². The van der Waals surface area contributed by atoms with Crippen LogP contribution in [0, 0.1) is 0 Å². The largest absolute Gasteiger partial charge is 0.480 e. The average Bonchev–Trinajstić information content (AvgIpc) is 2.97. The number of rotatable bonds is 5. The zero-order valence-corrected chi connectivity index (χ0v) is 9.29. The van der Waals surface area contributed by atoms with Crippen molar-refractivity contribution in [3.8, 4) is 0 Å². The summed E-state index contributed by atoms with van der Waals surface area (Å²) in [5.41, 5.74) is -1.98. The monoisotopic (exact) mass is 215 g/mol. The van der Waals surface area contributed by atoms with Crippen molar-refractivity contribution in [1.29, 1.82) is 0 Å². The molecule has 0 bridgehead atoms. The number of hydrogen-bond donors (Lipinski definition) is 2. The molecule has 0 aromatic heterocycles. The molecule has 1 amide bonds. The van der Waals surface area contributed by atoms with Crippen molar-refractivity contribution in [3.63, 3.8) is 0 Å². The van der Waals surface area contributed by atoms with Crippen LogP contribution in [0.25, 0.3) is 0 Å². The molecule has 0 aromatic rings. The van der Waals surface area contributed by atoms with Gasteiger partial charge in [0.05, 0.1) is 0 Å². The number of methoxy groups -OCH3 is 1. The lowest BCUT2D eigenvalue weighted by atomic mass is 10.0. The quantitative estimate of drug-likeness (QED) is 0.701. The van der Waals surface area contributed by atoms with E-state index < -0.39 is 17.1 Å². The number of ether oxygens (including phenoxy) is 1. The Bertz CT molecular complexity index is 279. The Balaban J connectivity index is 2.67. The highest BCUT2D eigenvalue weighted by Crippen LogP contribution is 2.36. The van der Waals surface area contributed by atoms with E-state index in [9.17, 15) is 9.59 Å². The fourth-order valence-electron chi connectivity index (χ4n) is 1.26. The Kier molecular flexibility index (Phi) is 3.04. The Morgan fingerprint density at radius 3 is 2.33 bits per heavy atom. The molecule has 0 aliphatic heterocycles. The van der Waals surface area contributed by atoms with Crippen molar-refractivity contribution in [2.45, 2.75) is 44.2 Å². The van der Waals surface area contributed by atoms with E-state index in [1.54, 1.807) is 6.92 Å². The van der Waals surface area contributed by atoms with E-state index in [2.05, 4.69) is 5.32 Å². The first-order valence-corrected chi connectivity index (χ1v) is 5.01. The number of carboxylic acid groups (broad SMARTS) is 1. The van der Waals surface area contributed by atoms with Gasteiger partial charge in [0.15, 0.2) is 0 Å². The average molecular weight is 215 g/mol. The summed E-state index contributed by atoms with van der Waals surface area (Å²) in [6.07, 6.45) is 1.50. The standard InChI is InChI=1S/C10H17NO4/c1-4-9(2,15-3)7(12)11-10(5-6-10)8(13)14/h4-6H2,1-3H3,(H,11,12)(H,13,14). The van der Waals surface area contributed by atoms with Crippen molar-refractivity contribution >= 4 is 11.9 Å². The van der Waals surface area contributed by atoms with Crippen LogP contribution < -0.4 is 5.32 Å². The molecule has 1 aliphatic rings. The van der Waals surface area contributed by atoms with E-state index in [1.165, 1.54) is 7.11 Å². The first-order valence-electron chi connectivity index (χ1n) is 5.01. The van der Waals surface area contributed by atoms with Crippen LogP contribution in [0.1, 0.15) is 33.1 Å². The van der Waals surface area contributed by atoms with Gasteiger partial charge in [0.1, 0.15) is 11.1 Å². The lowest BCUT2D eigenvalue weighted by Gasteiger charge is -2.27. The van der Waals surface area contributed by atoms with Crippen LogP contribution in [0.3, 0.4) is 0 Å². The molecule has 5 nitrogen and oxygen atoms in total. The predicted octanol–water partition coefficient (Wildman–Crippen LogP) is 0.535. The molecule has 1 saturated carbocycles. The molecular formula is C10H17NO4. The highest BCUT2D eigenvalue weighted by Gasteiger charge is 2.53. The molecule has 1 atom stereocenters. The van der Waals surface area contributed by atoms with Crippen LogP contribution in [0.5, 0.6) is 0 Å². The SMILES string of the molecule is CCC(C)(OC)C(=O)NC1(C(=O)O)CC1. The maximum Gasteiger partial charge on any atom is 0.329 e. The van der Waals surface area contributed by atoms with Crippen molar-refractivity contribution in [1.82, 2.24) is 5.32 Å². The third kappa shape index (κ3) is 2.12. The molecular weight excluding hydrogens is 198 g/mol. The summed E-state index contributed by atoms with van der Waals surface area (Å²) in [6.45, 7) is 3.48. The van der Waals surface area contributed by atoms with Crippen molar-refractivity contribution < 1.29 is 19.4 Å². The zero-order valence-electron chi connectivity index (χ0n) is 9.29. The zero-order chi connectivity index (χ0) is 11.7. The van der Waals surface area contributed by atoms with E-state index in [4.69, 9.17) is 9.84 Å². The van der Waals surface area contributed by atoms with Crippen LogP contribution >= 0.6 is 0 Å². The van der Waals surface area contributed by atoms with Crippen molar-refractivity contribution in [3.05, 3.63) is 0 Å². The second-order valence-corrected chi connectivity index (χ2v) is 4.13. The maximum atomic E-state index is 11.8. The molecule has 86 valence electrons. The number of carboxylic acids is 1. The maximum absolute atomic E-state index is 11.8. The second-order valence-electron chi connectivity index (χ2n) is 4.13. The second kappa shape index (κ2) is 3.81. The number of amides is 1. The van der Waals surface area contributed by atoms with Gasteiger partial charge in [0, 0.05) is 7.11 Å². The number of carbonyl (C=O) groups is 2. The summed E-state index contributed by atoms with van der Waals surface area (Å²) in [6, 6.07) is 0. The first kappa shape index (κ1) is 12.0. The van der Waals surface area contributed by atoms with E-state index in [0.29, 0.717) is 19.3 Å². The van der Waals surface area contributed by atoms with Crippen LogP contribution in [-0.2, 0) is 14.3 Å². The molecule has 1 rings (SSSR count). The van der Waals surface area contributed by atoms with Gasteiger partial charge < -0.3 is 15.2 Å². The smallest absolute Gasteiger partial charge is 0.329 e. The summed E-state index contributed by atoms with van der Waals surface area (Å²) in [4.78, 5) is 22.7. The Labute approximate surface area is 88.8 Å². The summed E-state index contributed by atoms with van der Waals surface area (Å²) in [5.74, 6) is -1.32. The van der Waals surface area contributed by atoms with Gasteiger partial charge in [-0.3, -0.25) is 4.79 Å². The summed E-state index contributed by atoms with van der Waals surface area (Å²) >= 11 is 0. The lowest BCUT2D eigenvalue weighted by Crippen LogP contribution is -2.53. The molecule has 1 unspecified atom stereocenters. The predicted molar refractivity (Wildman–Crippen MR) is 53.4 cm³/mol. The van der Waals surface area contributed by atoms with E-state index in [1.807, 2.05) is 6.92 Å². The van der Waals surface area contributed by atoms with Gasteiger partial charge in [-0.05, 0) is 26.2 Å². The molecule has 15 heavy (non-hydrogen) atoms. The Morgan fingerprint density at radius 1 is 1.53 bits per heavy atom. The number of carbonyl (C=O) groups excluding carboxylic acids is 1. The number of hydrogen-bond acceptors (Lipinski definition) is 3. The molecule has 0 radical (unpaired) electrons. The highest BCUT2D eigenvalue weighted by molar-refractivity contribution is 5.93. The molecule has 0 spiro atoms. The van der Waals surface area contributed by atoms with Crippen LogP contribution in [-0.4, -0.2) is 35.2 Å². The minimum atomic E-state index is -1.04. The summed E-state index contributed by atoms with van der Waals surface area (Å²) in [7, 11) is 1.45. The molecule has 0 heterocycles. The van der Waals surface area contributed by atoms with E-state index in [-0.39, 0.29) is 5.91 Å². The van der Waals surface area contributed by atoms with Crippen molar-refractivity contribution in [2.75, 3.05) is 7.11 Å². The number of aliphatic carboxylic acids is 1. The molecule has 2 N–H and O–H groups in total. The first-order chi connectivity index (χ1) is 6.90. The fourth-order valence-corrected chi connectivity index (χ4v) is 1.26. The Morgan fingerprint density at radius 2 is 2.07 bits per heavy atom.